The Hall–Kier alpha value is -3.52. The Bertz CT molecular complexity index is 1140. The fourth-order valence-corrected chi connectivity index (χ4v) is 4.41. The minimum absolute atomic E-state index is 0.0995. The first-order valence-electron chi connectivity index (χ1n) is 9.67. The van der Waals surface area contributed by atoms with Crippen molar-refractivity contribution in [2.75, 3.05) is 31.0 Å². The number of aromatic nitrogens is 1. The van der Waals surface area contributed by atoms with Crippen molar-refractivity contribution in [3.63, 3.8) is 0 Å². The van der Waals surface area contributed by atoms with Crippen LogP contribution < -0.4 is 19.7 Å². The van der Waals surface area contributed by atoms with Crippen LogP contribution in [0.4, 0.5) is 11.4 Å². The highest BCUT2D eigenvalue weighted by Gasteiger charge is 2.27. The standard InChI is InChI=1S/C23H21N3O4S/c1-4-26-19-8-7-14(10-20(19)31-22-18(23(26)28)6-5-9-24-22)21(27)25-15-11-16(29-2)13-17(12-15)30-3/h5-13H,4H2,1-3H3,(H,25,27). The molecule has 0 saturated heterocycles. The molecule has 0 unspecified atom stereocenters. The lowest BCUT2D eigenvalue weighted by atomic mass is 10.1. The highest BCUT2D eigenvalue weighted by molar-refractivity contribution is 7.99. The molecule has 0 bridgehead atoms. The molecule has 0 fully saturated rings. The molecule has 1 aromatic heterocycles. The Kier molecular flexibility index (Phi) is 5.81. The topological polar surface area (TPSA) is 80.8 Å². The number of nitrogens with zero attached hydrogens (tertiary/aromatic N) is 2. The van der Waals surface area contributed by atoms with Gasteiger partial charge in [0.05, 0.1) is 25.5 Å². The third-order valence-electron chi connectivity index (χ3n) is 4.89. The minimum Gasteiger partial charge on any atom is -0.497 e. The first-order chi connectivity index (χ1) is 15.0. The second-order valence-electron chi connectivity index (χ2n) is 6.75. The number of pyridine rings is 1. The van der Waals surface area contributed by atoms with E-state index in [1.54, 1.807) is 73.8 Å². The Morgan fingerprint density at radius 2 is 1.84 bits per heavy atom. The number of nitrogens with one attached hydrogen (secondary N) is 1. The van der Waals surface area contributed by atoms with E-state index in [0.717, 1.165) is 10.6 Å². The number of methoxy groups -OCH3 is 2. The van der Waals surface area contributed by atoms with Crippen molar-refractivity contribution in [1.82, 2.24) is 4.98 Å². The van der Waals surface area contributed by atoms with E-state index in [2.05, 4.69) is 10.3 Å². The summed E-state index contributed by atoms with van der Waals surface area (Å²) < 4.78 is 10.5. The predicted octanol–water partition coefficient (Wildman–Crippen LogP) is 4.48. The number of amides is 2. The molecule has 158 valence electrons. The molecule has 0 aliphatic carbocycles. The van der Waals surface area contributed by atoms with Gasteiger partial charge in [-0.2, -0.15) is 0 Å². The van der Waals surface area contributed by atoms with E-state index >= 15 is 0 Å². The summed E-state index contributed by atoms with van der Waals surface area (Å²) in [5, 5.41) is 3.50. The maximum atomic E-state index is 13.0. The fourth-order valence-electron chi connectivity index (χ4n) is 3.35. The van der Waals surface area contributed by atoms with E-state index in [9.17, 15) is 9.59 Å². The minimum atomic E-state index is -0.279. The van der Waals surface area contributed by atoms with Gasteiger partial charge in [-0.25, -0.2) is 4.98 Å². The van der Waals surface area contributed by atoms with E-state index in [4.69, 9.17) is 9.47 Å². The zero-order valence-electron chi connectivity index (χ0n) is 17.3. The van der Waals surface area contributed by atoms with Crippen molar-refractivity contribution >= 4 is 35.0 Å². The first kappa shape index (κ1) is 20.7. The third kappa shape index (κ3) is 4.06. The largest absolute Gasteiger partial charge is 0.497 e. The van der Waals surface area contributed by atoms with E-state index in [1.807, 2.05) is 6.92 Å². The summed E-state index contributed by atoms with van der Waals surface area (Å²) in [6, 6.07) is 14.0. The molecule has 1 N–H and O–H groups in total. The van der Waals surface area contributed by atoms with Gasteiger partial charge in [0.25, 0.3) is 11.8 Å². The summed E-state index contributed by atoms with van der Waals surface area (Å²) in [5.74, 6) is 0.773. The van der Waals surface area contributed by atoms with Crippen molar-refractivity contribution in [1.29, 1.82) is 0 Å². The van der Waals surface area contributed by atoms with Crippen LogP contribution in [-0.2, 0) is 0 Å². The van der Waals surface area contributed by atoms with Gasteiger partial charge in [0.1, 0.15) is 16.5 Å². The van der Waals surface area contributed by atoms with Crippen LogP contribution in [0.25, 0.3) is 0 Å². The molecule has 1 aliphatic heterocycles. The normalized spacial score (nSPS) is 12.5. The van der Waals surface area contributed by atoms with Crippen LogP contribution in [0.15, 0.2) is 64.6 Å². The lowest BCUT2D eigenvalue weighted by molar-refractivity contribution is 0.0984. The summed E-state index contributed by atoms with van der Waals surface area (Å²) in [4.78, 5) is 32.8. The summed E-state index contributed by atoms with van der Waals surface area (Å²) in [7, 11) is 3.10. The zero-order chi connectivity index (χ0) is 22.0. The number of benzene rings is 2. The highest BCUT2D eigenvalue weighted by Crippen LogP contribution is 2.40. The molecule has 0 spiro atoms. The highest BCUT2D eigenvalue weighted by atomic mass is 32.2. The number of hydrogen-bond donors (Lipinski definition) is 1. The van der Waals surface area contributed by atoms with E-state index in [-0.39, 0.29) is 11.8 Å². The quantitative estimate of drug-likeness (QED) is 0.636. The smallest absolute Gasteiger partial charge is 0.261 e. The summed E-state index contributed by atoms with van der Waals surface area (Å²) >= 11 is 1.38. The van der Waals surface area contributed by atoms with Crippen molar-refractivity contribution < 1.29 is 19.1 Å². The summed E-state index contributed by atoms with van der Waals surface area (Å²) in [6.07, 6.45) is 1.66. The summed E-state index contributed by atoms with van der Waals surface area (Å²) in [5.41, 5.74) is 2.34. The SMILES string of the molecule is CCN1C(=O)c2cccnc2Sc2cc(C(=O)Nc3cc(OC)cc(OC)c3)ccc21. The molecule has 2 amide bonds. The Morgan fingerprint density at radius 1 is 1.10 bits per heavy atom. The second-order valence-corrected chi connectivity index (χ2v) is 7.78. The number of fused-ring (bicyclic) bond motifs is 2. The van der Waals surface area contributed by atoms with E-state index in [0.29, 0.717) is 39.9 Å². The van der Waals surface area contributed by atoms with E-state index < -0.39 is 0 Å². The zero-order valence-corrected chi connectivity index (χ0v) is 18.2. The maximum absolute atomic E-state index is 13.0. The number of ether oxygens (including phenoxy) is 2. The molecule has 2 aromatic carbocycles. The molecule has 4 rings (SSSR count). The lowest BCUT2D eigenvalue weighted by Gasteiger charge is -2.21. The number of rotatable bonds is 5. The monoisotopic (exact) mass is 435 g/mol. The molecule has 31 heavy (non-hydrogen) atoms. The molecule has 8 heteroatoms. The molecule has 0 saturated carbocycles. The Morgan fingerprint density at radius 3 is 2.52 bits per heavy atom. The predicted molar refractivity (Wildman–Crippen MR) is 120 cm³/mol. The molecule has 7 nitrogen and oxygen atoms in total. The number of hydrogen-bond acceptors (Lipinski definition) is 6. The average molecular weight is 436 g/mol. The average Bonchev–Trinajstić information content (AvgIpc) is 2.91. The lowest BCUT2D eigenvalue weighted by Crippen LogP contribution is -2.30. The Labute approximate surface area is 184 Å². The van der Waals surface area contributed by atoms with Crippen molar-refractivity contribution in [2.45, 2.75) is 16.8 Å². The number of carbonyl (C=O) groups excluding carboxylic acids is 2. The molecular weight excluding hydrogens is 414 g/mol. The number of anilines is 2. The number of carbonyl (C=O) groups is 2. The maximum Gasteiger partial charge on any atom is 0.261 e. The third-order valence-corrected chi connectivity index (χ3v) is 5.96. The Balaban J connectivity index is 1.68. The van der Waals surface area contributed by atoms with E-state index in [1.165, 1.54) is 11.8 Å². The van der Waals surface area contributed by atoms with Crippen LogP contribution in [0, 0.1) is 0 Å². The first-order valence-corrected chi connectivity index (χ1v) is 10.5. The van der Waals surface area contributed by atoms with Gasteiger partial charge >= 0.3 is 0 Å². The van der Waals surface area contributed by atoms with Gasteiger partial charge in [-0.15, -0.1) is 0 Å². The van der Waals surface area contributed by atoms with Crippen LogP contribution in [0.1, 0.15) is 27.6 Å². The molecule has 3 aromatic rings. The van der Waals surface area contributed by atoms with Gasteiger partial charge < -0.3 is 19.7 Å². The van der Waals surface area contributed by atoms with Crippen LogP contribution in [-0.4, -0.2) is 37.6 Å². The molecular formula is C23H21N3O4S. The van der Waals surface area contributed by atoms with Crippen molar-refractivity contribution in [3.8, 4) is 11.5 Å². The second kappa shape index (κ2) is 8.69. The van der Waals surface area contributed by atoms with Gasteiger partial charge in [-0.05, 0) is 37.3 Å². The van der Waals surface area contributed by atoms with Crippen LogP contribution >= 0.6 is 11.8 Å². The van der Waals surface area contributed by atoms with Crippen molar-refractivity contribution in [2.24, 2.45) is 0 Å². The molecule has 0 atom stereocenters. The summed E-state index contributed by atoms with van der Waals surface area (Å²) in [6.45, 7) is 2.43. The molecule has 0 radical (unpaired) electrons. The van der Waals surface area contributed by atoms with Crippen LogP contribution in [0.5, 0.6) is 11.5 Å². The van der Waals surface area contributed by atoms with Crippen LogP contribution in [0.2, 0.25) is 0 Å². The van der Waals surface area contributed by atoms with Gasteiger partial charge in [-0.3, -0.25) is 9.59 Å². The molecule has 1 aliphatic rings. The van der Waals surface area contributed by atoms with Gasteiger partial charge in [0.15, 0.2) is 0 Å². The van der Waals surface area contributed by atoms with Crippen molar-refractivity contribution in [3.05, 3.63) is 65.9 Å². The van der Waals surface area contributed by atoms with Gasteiger partial charge in [0, 0.05) is 47.1 Å². The van der Waals surface area contributed by atoms with Gasteiger partial charge in [-0.1, -0.05) is 11.8 Å². The molecule has 2 heterocycles. The van der Waals surface area contributed by atoms with Crippen LogP contribution in [0.3, 0.4) is 0 Å². The fraction of sp³-hybridized carbons (Fsp3) is 0.174. The van der Waals surface area contributed by atoms with Gasteiger partial charge in [0.2, 0.25) is 0 Å².